The predicted molar refractivity (Wildman–Crippen MR) is 81.5 cm³/mol. The monoisotopic (exact) mass is 294 g/mol. The van der Waals surface area contributed by atoms with E-state index in [1.54, 1.807) is 11.8 Å². The van der Waals surface area contributed by atoms with Crippen molar-refractivity contribution in [3.05, 3.63) is 17.0 Å². The number of amides is 1. The van der Waals surface area contributed by atoms with Gasteiger partial charge in [-0.2, -0.15) is 5.10 Å². The summed E-state index contributed by atoms with van der Waals surface area (Å²) in [4.78, 5) is 14.8. The molecule has 6 nitrogen and oxygen atoms in total. The van der Waals surface area contributed by atoms with Gasteiger partial charge in [0.25, 0.3) is 5.91 Å². The highest BCUT2D eigenvalue weighted by molar-refractivity contribution is 5.96. The van der Waals surface area contributed by atoms with Gasteiger partial charge < -0.3 is 15.0 Å². The maximum atomic E-state index is 12.9. The van der Waals surface area contributed by atoms with Crippen molar-refractivity contribution in [2.24, 2.45) is 7.05 Å². The second-order valence-electron chi connectivity index (χ2n) is 5.71. The van der Waals surface area contributed by atoms with Crippen LogP contribution in [0.2, 0.25) is 0 Å². The Kier molecular flexibility index (Phi) is 5.36. The number of hydrogen-bond donors (Lipinski definition) is 1. The number of hydrogen-bond acceptors (Lipinski definition) is 4. The lowest BCUT2D eigenvalue weighted by molar-refractivity contribution is 0.0677. The SMILES string of the molecule is COCCN(CC1CCCN1)C(=O)c1c(C)nn(C)c1C. The number of nitrogens with one attached hydrogen (secondary N) is 1. The number of carbonyl (C=O) groups is 1. The first-order valence-corrected chi connectivity index (χ1v) is 7.56. The van der Waals surface area contributed by atoms with E-state index in [2.05, 4.69) is 10.4 Å². The standard InChI is InChI=1S/C15H26N4O2/c1-11-14(12(2)18(3)17-11)15(20)19(8-9-21-4)10-13-6-5-7-16-13/h13,16H,5-10H2,1-4H3. The van der Waals surface area contributed by atoms with Crippen LogP contribution in [0.3, 0.4) is 0 Å². The molecule has 1 aromatic heterocycles. The van der Waals surface area contributed by atoms with Gasteiger partial charge in [0.15, 0.2) is 0 Å². The third-order valence-electron chi connectivity index (χ3n) is 4.18. The molecule has 1 aliphatic rings. The van der Waals surface area contributed by atoms with Crippen molar-refractivity contribution >= 4 is 5.91 Å². The van der Waals surface area contributed by atoms with Gasteiger partial charge in [0, 0.05) is 39.0 Å². The van der Waals surface area contributed by atoms with E-state index < -0.39 is 0 Å². The topological polar surface area (TPSA) is 59.4 Å². The Bertz CT molecular complexity index is 492. The fourth-order valence-electron chi connectivity index (χ4n) is 2.90. The third kappa shape index (κ3) is 3.63. The summed E-state index contributed by atoms with van der Waals surface area (Å²) in [7, 11) is 3.54. The molecule has 0 aliphatic carbocycles. The summed E-state index contributed by atoms with van der Waals surface area (Å²) in [6.45, 7) is 6.77. The molecule has 1 saturated heterocycles. The molecule has 1 N–H and O–H groups in total. The quantitative estimate of drug-likeness (QED) is 0.846. The molecular formula is C15H26N4O2. The number of methoxy groups -OCH3 is 1. The molecule has 0 bridgehead atoms. The largest absolute Gasteiger partial charge is 0.383 e. The molecule has 118 valence electrons. The molecule has 1 fully saturated rings. The van der Waals surface area contributed by atoms with Crippen molar-refractivity contribution in [3.63, 3.8) is 0 Å². The molecule has 1 aromatic rings. The minimum absolute atomic E-state index is 0.0591. The van der Waals surface area contributed by atoms with E-state index in [0.717, 1.165) is 36.5 Å². The summed E-state index contributed by atoms with van der Waals surface area (Å²) in [6, 6.07) is 0.392. The van der Waals surface area contributed by atoms with E-state index in [4.69, 9.17) is 4.74 Å². The molecule has 1 aliphatic heterocycles. The summed E-state index contributed by atoms with van der Waals surface area (Å²) in [5.41, 5.74) is 2.44. The Morgan fingerprint density at radius 1 is 1.52 bits per heavy atom. The maximum absolute atomic E-state index is 12.9. The second-order valence-corrected chi connectivity index (χ2v) is 5.71. The van der Waals surface area contributed by atoms with Crippen LogP contribution >= 0.6 is 0 Å². The Morgan fingerprint density at radius 3 is 2.81 bits per heavy atom. The normalized spacial score (nSPS) is 18.2. The van der Waals surface area contributed by atoms with Crippen molar-refractivity contribution in [3.8, 4) is 0 Å². The Hall–Kier alpha value is -1.40. The lowest BCUT2D eigenvalue weighted by Gasteiger charge is -2.26. The molecule has 21 heavy (non-hydrogen) atoms. The van der Waals surface area contributed by atoms with Crippen LogP contribution in [0.1, 0.15) is 34.6 Å². The number of ether oxygens (including phenoxy) is 1. The van der Waals surface area contributed by atoms with Gasteiger partial charge in [-0.15, -0.1) is 0 Å². The Morgan fingerprint density at radius 2 is 2.29 bits per heavy atom. The third-order valence-corrected chi connectivity index (χ3v) is 4.18. The summed E-state index contributed by atoms with van der Waals surface area (Å²) >= 11 is 0. The highest BCUT2D eigenvalue weighted by atomic mass is 16.5. The molecule has 0 saturated carbocycles. The van der Waals surface area contributed by atoms with E-state index >= 15 is 0 Å². The molecule has 6 heteroatoms. The zero-order chi connectivity index (χ0) is 15.4. The van der Waals surface area contributed by atoms with Crippen molar-refractivity contribution in [2.75, 3.05) is 33.4 Å². The fraction of sp³-hybridized carbons (Fsp3) is 0.733. The molecule has 2 rings (SSSR count). The molecule has 1 atom stereocenters. The van der Waals surface area contributed by atoms with Crippen LogP contribution < -0.4 is 5.32 Å². The lowest BCUT2D eigenvalue weighted by atomic mass is 10.1. The van der Waals surface area contributed by atoms with Crippen LogP contribution in [0.4, 0.5) is 0 Å². The molecule has 1 amide bonds. The minimum Gasteiger partial charge on any atom is -0.383 e. The fourth-order valence-corrected chi connectivity index (χ4v) is 2.90. The first-order chi connectivity index (χ1) is 10.0. The van der Waals surface area contributed by atoms with Crippen LogP contribution in [-0.2, 0) is 11.8 Å². The number of aromatic nitrogens is 2. The zero-order valence-corrected chi connectivity index (χ0v) is 13.5. The molecule has 0 spiro atoms. The zero-order valence-electron chi connectivity index (χ0n) is 13.5. The maximum Gasteiger partial charge on any atom is 0.257 e. The number of aryl methyl sites for hydroxylation is 2. The van der Waals surface area contributed by atoms with Crippen LogP contribution in [0.15, 0.2) is 0 Å². The van der Waals surface area contributed by atoms with Crippen LogP contribution in [0.25, 0.3) is 0 Å². The molecule has 2 heterocycles. The van der Waals surface area contributed by atoms with Crippen molar-refractivity contribution in [1.29, 1.82) is 0 Å². The molecule has 0 radical (unpaired) electrons. The van der Waals surface area contributed by atoms with Gasteiger partial charge in [0.2, 0.25) is 0 Å². The van der Waals surface area contributed by atoms with E-state index in [-0.39, 0.29) is 5.91 Å². The lowest BCUT2D eigenvalue weighted by Crippen LogP contribution is -2.43. The highest BCUT2D eigenvalue weighted by Crippen LogP contribution is 2.16. The van der Waals surface area contributed by atoms with Crippen molar-refractivity contribution in [2.45, 2.75) is 32.7 Å². The Labute approximate surface area is 126 Å². The van der Waals surface area contributed by atoms with Gasteiger partial charge in [-0.1, -0.05) is 0 Å². The molecule has 1 unspecified atom stereocenters. The number of rotatable bonds is 6. The van der Waals surface area contributed by atoms with Gasteiger partial charge in [0.1, 0.15) is 0 Å². The van der Waals surface area contributed by atoms with E-state index in [1.165, 1.54) is 6.42 Å². The smallest absolute Gasteiger partial charge is 0.257 e. The summed E-state index contributed by atoms with van der Waals surface area (Å²) < 4.78 is 6.92. The first kappa shape index (κ1) is 16.0. The minimum atomic E-state index is 0.0591. The average molecular weight is 294 g/mol. The van der Waals surface area contributed by atoms with E-state index in [0.29, 0.717) is 19.2 Å². The van der Waals surface area contributed by atoms with Gasteiger partial charge in [-0.05, 0) is 33.2 Å². The van der Waals surface area contributed by atoms with Crippen molar-refractivity contribution in [1.82, 2.24) is 20.0 Å². The van der Waals surface area contributed by atoms with Crippen LogP contribution in [0.5, 0.6) is 0 Å². The van der Waals surface area contributed by atoms with Crippen LogP contribution in [0, 0.1) is 13.8 Å². The van der Waals surface area contributed by atoms with Gasteiger partial charge in [0.05, 0.1) is 17.9 Å². The van der Waals surface area contributed by atoms with Crippen LogP contribution in [-0.4, -0.2) is 60.0 Å². The molecule has 0 aromatic carbocycles. The van der Waals surface area contributed by atoms with Crippen molar-refractivity contribution < 1.29 is 9.53 Å². The Balaban J connectivity index is 2.15. The predicted octanol–water partition coefficient (Wildman–Crippen LogP) is 0.878. The summed E-state index contributed by atoms with van der Waals surface area (Å²) in [5, 5.41) is 7.80. The van der Waals surface area contributed by atoms with E-state index in [1.807, 2.05) is 25.8 Å². The van der Waals surface area contributed by atoms with Gasteiger partial charge in [-0.3, -0.25) is 9.48 Å². The van der Waals surface area contributed by atoms with Gasteiger partial charge >= 0.3 is 0 Å². The number of nitrogens with zero attached hydrogens (tertiary/aromatic N) is 3. The first-order valence-electron chi connectivity index (χ1n) is 7.56. The molecular weight excluding hydrogens is 268 g/mol. The summed E-state index contributed by atoms with van der Waals surface area (Å²) in [6.07, 6.45) is 2.31. The van der Waals surface area contributed by atoms with E-state index in [9.17, 15) is 4.79 Å². The van der Waals surface area contributed by atoms with Gasteiger partial charge in [-0.25, -0.2) is 0 Å². The summed E-state index contributed by atoms with van der Waals surface area (Å²) in [5.74, 6) is 0.0591. The second kappa shape index (κ2) is 7.04. The highest BCUT2D eigenvalue weighted by Gasteiger charge is 2.26. The average Bonchev–Trinajstić information content (AvgIpc) is 3.03. The number of carbonyl (C=O) groups excluding carboxylic acids is 1.